The van der Waals surface area contributed by atoms with E-state index in [9.17, 15) is 4.79 Å². The first-order valence-corrected chi connectivity index (χ1v) is 7.97. The zero-order valence-corrected chi connectivity index (χ0v) is 13.6. The molecule has 2 aromatic rings. The molecule has 0 bridgehead atoms. The van der Waals surface area contributed by atoms with E-state index in [1.165, 1.54) is 19.0 Å². The Balaban J connectivity index is 1.63. The van der Waals surface area contributed by atoms with Gasteiger partial charge in [0.05, 0.1) is 12.1 Å². The molecule has 2 aromatic heterocycles. The maximum atomic E-state index is 12.1. The topological polar surface area (TPSA) is 71.0 Å². The van der Waals surface area contributed by atoms with Crippen molar-refractivity contribution in [3.05, 3.63) is 46.6 Å². The molecular weight excluding hydrogens is 346 g/mol. The second-order valence-electron chi connectivity index (χ2n) is 5.10. The third-order valence-corrected chi connectivity index (χ3v) is 3.93. The number of carbonyl (C=O) groups excluding carboxylic acids is 1. The third-order valence-electron chi connectivity index (χ3n) is 3.49. The summed E-state index contributed by atoms with van der Waals surface area (Å²) >= 11 is 3.30. The lowest BCUT2D eigenvalue weighted by Crippen LogP contribution is -2.25. The summed E-state index contributed by atoms with van der Waals surface area (Å²) < 4.78 is 0.771. The first-order valence-electron chi connectivity index (χ1n) is 7.18. The van der Waals surface area contributed by atoms with Gasteiger partial charge in [-0.1, -0.05) is 0 Å². The second-order valence-corrected chi connectivity index (χ2v) is 6.02. The van der Waals surface area contributed by atoms with Crippen molar-refractivity contribution in [3.8, 4) is 0 Å². The van der Waals surface area contributed by atoms with Gasteiger partial charge in [-0.05, 0) is 40.9 Å². The van der Waals surface area contributed by atoms with Crippen molar-refractivity contribution in [1.29, 1.82) is 0 Å². The van der Waals surface area contributed by atoms with Crippen molar-refractivity contribution in [2.75, 3.05) is 18.0 Å². The largest absolute Gasteiger partial charge is 0.357 e. The lowest BCUT2D eigenvalue weighted by atomic mass is 10.3. The molecular formula is C15H16BrN5O. The van der Waals surface area contributed by atoms with Crippen LogP contribution >= 0.6 is 15.9 Å². The molecule has 7 heteroatoms. The molecule has 0 radical (unpaired) electrons. The monoisotopic (exact) mass is 361 g/mol. The molecule has 0 atom stereocenters. The number of amides is 1. The van der Waals surface area contributed by atoms with Crippen molar-refractivity contribution in [3.63, 3.8) is 0 Å². The Morgan fingerprint density at radius 2 is 2.14 bits per heavy atom. The molecule has 0 unspecified atom stereocenters. The molecule has 1 fully saturated rings. The molecule has 1 aliphatic rings. The van der Waals surface area contributed by atoms with E-state index >= 15 is 0 Å². The molecule has 3 rings (SSSR count). The average molecular weight is 362 g/mol. The Kier molecular flexibility index (Phi) is 4.62. The number of hydrogen-bond donors (Lipinski definition) is 1. The lowest BCUT2D eigenvalue weighted by molar-refractivity contribution is 0.0949. The van der Waals surface area contributed by atoms with Gasteiger partial charge in [0.25, 0.3) is 5.91 Å². The van der Waals surface area contributed by atoms with E-state index in [1.54, 1.807) is 18.5 Å². The van der Waals surface area contributed by atoms with Gasteiger partial charge in [0.1, 0.15) is 11.6 Å². The van der Waals surface area contributed by atoms with Crippen molar-refractivity contribution in [2.45, 2.75) is 19.4 Å². The maximum absolute atomic E-state index is 12.1. The number of halogens is 1. The second kappa shape index (κ2) is 6.83. The molecule has 22 heavy (non-hydrogen) atoms. The molecule has 1 amide bonds. The maximum Gasteiger partial charge on any atom is 0.253 e. The molecule has 1 aliphatic heterocycles. The van der Waals surface area contributed by atoms with Crippen LogP contribution in [-0.2, 0) is 6.54 Å². The highest BCUT2D eigenvalue weighted by atomic mass is 79.9. The van der Waals surface area contributed by atoms with E-state index in [-0.39, 0.29) is 5.91 Å². The highest BCUT2D eigenvalue weighted by Crippen LogP contribution is 2.17. The fraction of sp³-hybridized carbons (Fsp3) is 0.333. The first kappa shape index (κ1) is 14.9. The van der Waals surface area contributed by atoms with Crippen LogP contribution < -0.4 is 10.2 Å². The normalized spacial score (nSPS) is 14.1. The summed E-state index contributed by atoms with van der Waals surface area (Å²) in [6.07, 6.45) is 7.31. The Hall–Kier alpha value is -2.02. The predicted molar refractivity (Wildman–Crippen MR) is 86.6 cm³/mol. The number of hydrogen-bond acceptors (Lipinski definition) is 5. The molecule has 6 nitrogen and oxygen atoms in total. The number of nitrogens with one attached hydrogen (secondary N) is 1. The smallest absolute Gasteiger partial charge is 0.253 e. The van der Waals surface area contributed by atoms with Gasteiger partial charge >= 0.3 is 0 Å². The van der Waals surface area contributed by atoms with Gasteiger partial charge < -0.3 is 10.2 Å². The quantitative estimate of drug-likeness (QED) is 0.903. The molecule has 1 N–H and O–H groups in total. The number of aromatic nitrogens is 3. The number of pyridine rings is 1. The van der Waals surface area contributed by atoms with E-state index in [0.29, 0.717) is 17.9 Å². The van der Waals surface area contributed by atoms with Crippen LogP contribution in [0.4, 0.5) is 5.82 Å². The van der Waals surface area contributed by atoms with Crippen LogP contribution in [0.3, 0.4) is 0 Å². The summed E-state index contributed by atoms with van der Waals surface area (Å²) in [5.41, 5.74) is 0.505. The van der Waals surface area contributed by atoms with Crippen LogP contribution in [0.25, 0.3) is 0 Å². The Morgan fingerprint density at radius 3 is 2.91 bits per heavy atom. The predicted octanol–water partition coefficient (Wildman–Crippen LogP) is 2.16. The van der Waals surface area contributed by atoms with Crippen LogP contribution in [0, 0.1) is 0 Å². The van der Waals surface area contributed by atoms with Gasteiger partial charge in [0.2, 0.25) is 0 Å². The highest BCUT2D eigenvalue weighted by molar-refractivity contribution is 9.10. The van der Waals surface area contributed by atoms with Crippen LogP contribution in [0.2, 0.25) is 0 Å². The first-order chi connectivity index (χ1) is 10.7. The molecule has 0 aliphatic carbocycles. The van der Waals surface area contributed by atoms with E-state index in [2.05, 4.69) is 41.1 Å². The van der Waals surface area contributed by atoms with Crippen molar-refractivity contribution >= 4 is 27.7 Å². The molecule has 3 heterocycles. The summed E-state index contributed by atoms with van der Waals surface area (Å²) in [4.78, 5) is 27.0. The fourth-order valence-corrected chi connectivity index (χ4v) is 2.76. The Morgan fingerprint density at radius 1 is 1.32 bits per heavy atom. The van der Waals surface area contributed by atoms with Gasteiger partial charge in [0, 0.05) is 36.2 Å². The number of carbonyl (C=O) groups is 1. The minimum atomic E-state index is -0.191. The van der Waals surface area contributed by atoms with Gasteiger partial charge in [-0.3, -0.25) is 9.78 Å². The van der Waals surface area contributed by atoms with Crippen molar-refractivity contribution < 1.29 is 4.79 Å². The molecule has 114 valence electrons. The van der Waals surface area contributed by atoms with Crippen LogP contribution in [0.1, 0.15) is 29.0 Å². The van der Waals surface area contributed by atoms with Crippen LogP contribution in [0.5, 0.6) is 0 Å². The molecule has 0 spiro atoms. The summed E-state index contributed by atoms with van der Waals surface area (Å²) in [5, 5.41) is 2.82. The standard InChI is InChI=1S/C15H16BrN5O/c16-12-7-11(8-17-9-12)15(22)19-10-13-18-4-3-14(20-13)21-5-1-2-6-21/h3-4,7-9H,1-2,5-6,10H2,(H,19,22). The zero-order chi connectivity index (χ0) is 15.4. The minimum Gasteiger partial charge on any atom is -0.357 e. The van der Waals surface area contributed by atoms with Gasteiger partial charge in [-0.2, -0.15) is 0 Å². The summed E-state index contributed by atoms with van der Waals surface area (Å²) in [7, 11) is 0. The Labute approximate surface area is 137 Å². The van der Waals surface area contributed by atoms with Crippen LogP contribution in [-0.4, -0.2) is 33.9 Å². The van der Waals surface area contributed by atoms with Gasteiger partial charge in [0.15, 0.2) is 0 Å². The lowest BCUT2D eigenvalue weighted by Gasteiger charge is -2.16. The highest BCUT2D eigenvalue weighted by Gasteiger charge is 2.14. The van der Waals surface area contributed by atoms with Crippen molar-refractivity contribution in [2.24, 2.45) is 0 Å². The van der Waals surface area contributed by atoms with Gasteiger partial charge in [-0.15, -0.1) is 0 Å². The van der Waals surface area contributed by atoms with Crippen LogP contribution in [0.15, 0.2) is 35.2 Å². The number of nitrogens with zero attached hydrogens (tertiary/aromatic N) is 4. The number of anilines is 1. The molecule has 0 saturated carbocycles. The van der Waals surface area contributed by atoms with E-state index in [1.807, 2.05) is 6.07 Å². The van der Waals surface area contributed by atoms with Gasteiger partial charge in [-0.25, -0.2) is 9.97 Å². The molecule has 0 aromatic carbocycles. The average Bonchev–Trinajstić information content (AvgIpc) is 3.07. The summed E-state index contributed by atoms with van der Waals surface area (Å²) in [6, 6.07) is 3.64. The van der Waals surface area contributed by atoms with E-state index in [0.717, 1.165) is 23.4 Å². The SMILES string of the molecule is O=C(NCc1nccc(N2CCCC2)n1)c1cncc(Br)c1. The van der Waals surface area contributed by atoms with E-state index < -0.39 is 0 Å². The van der Waals surface area contributed by atoms with Crippen molar-refractivity contribution in [1.82, 2.24) is 20.3 Å². The zero-order valence-electron chi connectivity index (χ0n) is 12.0. The number of rotatable bonds is 4. The summed E-state index contributed by atoms with van der Waals surface area (Å²) in [5.74, 6) is 1.35. The molecule has 1 saturated heterocycles. The Bertz CT molecular complexity index is 672. The fourth-order valence-electron chi connectivity index (χ4n) is 2.39. The van der Waals surface area contributed by atoms with E-state index in [4.69, 9.17) is 0 Å². The third kappa shape index (κ3) is 3.59. The summed E-state index contributed by atoms with van der Waals surface area (Å²) in [6.45, 7) is 2.37. The minimum absolute atomic E-state index is 0.191.